The van der Waals surface area contributed by atoms with Gasteiger partial charge in [-0.15, -0.1) is 0 Å². The van der Waals surface area contributed by atoms with Crippen molar-refractivity contribution in [2.45, 2.75) is 44.6 Å². The fraction of sp³-hybridized carbons (Fsp3) is 0.778. The van der Waals surface area contributed by atoms with Crippen molar-refractivity contribution in [1.82, 2.24) is 5.32 Å². The first kappa shape index (κ1) is 10.8. The number of amidine groups is 1. The van der Waals surface area contributed by atoms with Gasteiger partial charge in [-0.3, -0.25) is 4.79 Å². The minimum absolute atomic E-state index is 0.0208. The molecule has 4 N–H and O–H groups in total. The van der Waals surface area contributed by atoms with Crippen LogP contribution in [0, 0.1) is 0 Å². The fourth-order valence-electron chi connectivity index (χ4n) is 1.73. The smallest absolute Gasteiger partial charge is 0.227 e. The molecule has 1 aliphatic carbocycles. The molecular formula is C9H17N3O2. The summed E-state index contributed by atoms with van der Waals surface area (Å²) in [6.07, 6.45) is 5.67. The lowest BCUT2D eigenvalue weighted by Crippen LogP contribution is -2.38. The van der Waals surface area contributed by atoms with Crippen molar-refractivity contribution in [1.29, 1.82) is 0 Å². The molecule has 1 fully saturated rings. The molecule has 0 aromatic heterocycles. The third-order valence-electron chi connectivity index (χ3n) is 2.44. The maximum Gasteiger partial charge on any atom is 0.227 e. The molecular weight excluding hydrogens is 182 g/mol. The Morgan fingerprint density at radius 3 is 2.64 bits per heavy atom. The summed E-state index contributed by atoms with van der Waals surface area (Å²) in [6.45, 7) is 0. The van der Waals surface area contributed by atoms with Gasteiger partial charge in [0.1, 0.15) is 5.84 Å². The lowest BCUT2D eigenvalue weighted by molar-refractivity contribution is -0.120. The Morgan fingerprint density at radius 2 is 2.07 bits per heavy atom. The summed E-state index contributed by atoms with van der Waals surface area (Å²) >= 11 is 0. The van der Waals surface area contributed by atoms with E-state index in [0.717, 1.165) is 12.8 Å². The van der Waals surface area contributed by atoms with Crippen LogP contribution in [-0.4, -0.2) is 23.0 Å². The number of carbonyl (C=O) groups excluding carboxylic acids is 1. The first-order chi connectivity index (χ1) is 6.72. The van der Waals surface area contributed by atoms with Crippen molar-refractivity contribution in [2.24, 2.45) is 10.9 Å². The van der Waals surface area contributed by atoms with Crippen LogP contribution in [0.4, 0.5) is 0 Å². The lowest BCUT2D eigenvalue weighted by Gasteiger charge is -2.22. The van der Waals surface area contributed by atoms with Gasteiger partial charge in [0.15, 0.2) is 0 Å². The Hall–Kier alpha value is -1.26. The van der Waals surface area contributed by atoms with Crippen LogP contribution in [0.2, 0.25) is 0 Å². The molecule has 14 heavy (non-hydrogen) atoms. The first-order valence-corrected chi connectivity index (χ1v) is 4.98. The van der Waals surface area contributed by atoms with E-state index in [1.54, 1.807) is 0 Å². The van der Waals surface area contributed by atoms with Gasteiger partial charge in [-0.2, -0.15) is 0 Å². The van der Waals surface area contributed by atoms with Gasteiger partial charge in [0.2, 0.25) is 5.91 Å². The van der Waals surface area contributed by atoms with Crippen molar-refractivity contribution >= 4 is 11.7 Å². The molecule has 0 heterocycles. The summed E-state index contributed by atoms with van der Waals surface area (Å²) in [4.78, 5) is 11.3. The summed E-state index contributed by atoms with van der Waals surface area (Å²) in [6, 6.07) is 0.280. The largest absolute Gasteiger partial charge is 0.409 e. The van der Waals surface area contributed by atoms with Crippen LogP contribution >= 0.6 is 0 Å². The molecule has 0 spiro atoms. The number of rotatable bonds is 3. The van der Waals surface area contributed by atoms with Crippen LogP contribution in [0.5, 0.6) is 0 Å². The molecule has 0 bridgehead atoms. The van der Waals surface area contributed by atoms with Crippen molar-refractivity contribution in [2.75, 3.05) is 0 Å². The molecule has 0 unspecified atom stereocenters. The number of hydrogen-bond acceptors (Lipinski definition) is 3. The van der Waals surface area contributed by atoms with E-state index in [4.69, 9.17) is 10.9 Å². The Labute approximate surface area is 83.3 Å². The van der Waals surface area contributed by atoms with Gasteiger partial charge in [0, 0.05) is 6.04 Å². The molecule has 1 saturated carbocycles. The minimum Gasteiger partial charge on any atom is -0.409 e. The summed E-state index contributed by atoms with van der Waals surface area (Å²) in [7, 11) is 0. The molecule has 1 rings (SSSR count). The number of nitrogens with zero attached hydrogens (tertiary/aromatic N) is 1. The Balaban J connectivity index is 2.25. The quantitative estimate of drug-likeness (QED) is 0.269. The van der Waals surface area contributed by atoms with Gasteiger partial charge in [-0.1, -0.05) is 24.4 Å². The van der Waals surface area contributed by atoms with E-state index < -0.39 is 0 Å². The van der Waals surface area contributed by atoms with Gasteiger partial charge in [-0.05, 0) is 12.8 Å². The molecule has 1 aliphatic rings. The van der Waals surface area contributed by atoms with Crippen LogP contribution in [0.15, 0.2) is 5.16 Å². The van der Waals surface area contributed by atoms with Crippen LogP contribution in [0.1, 0.15) is 38.5 Å². The van der Waals surface area contributed by atoms with Gasteiger partial charge >= 0.3 is 0 Å². The zero-order chi connectivity index (χ0) is 10.4. The summed E-state index contributed by atoms with van der Waals surface area (Å²) < 4.78 is 0. The third kappa shape index (κ3) is 3.64. The molecule has 0 radical (unpaired) electrons. The predicted octanol–water partition coefficient (Wildman–Crippen LogP) is 0.572. The number of oxime groups is 1. The summed E-state index contributed by atoms with van der Waals surface area (Å²) in [5.41, 5.74) is 5.22. The Kier molecular flexibility index (Phi) is 4.22. The van der Waals surface area contributed by atoms with E-state index in [1.165, 1.54) is 19.3 Å². The average molecular weight is 199 g/mol. The third-order valence-corrected chi connectivity index (χ3v) is 2.44. The standard InChI is InChI=1S/C9H17N3O2/c10-8(12-14)6-9(13)11-7-4-2-1-3-5-7/h7,14H,1-6H2,(H2,10,12)(H,11,13). The van der Waals surface area contributed by atoms with Crippen molar-refractivity contribution in [3.63, 3.8) is 0 Å². The highest BCUT2D eigenvalue weighted by molar-refractivity contribution is 5.98. The van der Waals surface area contributed by atoms with Gasteiger partial charge in [-0.25, -0.2) is 0 Å². The monoisotopic (exact) mass is 199 g/mol. The zero-order valence-corrected chi connectivity index (χ0v) is 8.20. The molecule has 0 aromatic carbocycles. The number of nitrogens with one attached hydrogen (secondary N) is 1. The molecule has 5 heteroatoms. The van der Waals surface area contributed by atoms with E-state index in [9.17, 15) is 4.79 Å². The minimum atomic E-state index is -0.160. The molecule has 0 aliphatic heterocycles. The van der Waals surface area contributed by atoms with E-state index in [2.05, 4.69) is 10.5 Å². The highest BCUT2D eigenvalue weighted by Gasteiger charge is 2.15. The Morgan fingerprint density at radius 1 is 1.43 bits per heavy atom. The predicted molar refractivity (Wildman–Crippen MR) is 53.0 cm³/mol. The molecule has 0 saturated heterocycles. The van der Waals surface area contributed by atoms with Gasteiger partial charge in [0.05, 0.1) is 6.42 Å². The second-order valence-corrected chi connectivity index (χ2v) is 3.67. The number of carbonyl (C=O) groups is 1. The van der Waals surface area contributed by atoms with Crippen molar-refractivity contribution in [3.8, 4) is 0 Å². The normalized spacial score (nSPS) is 19.3. The molecule has 5 nitrogen and oxygen atoms in total. The van der Waals surface area contributed by atoms with Crippen LogP contribution < -0.4 is 11.1 Å². The maximum absolute atomic E-state index is 11.3. The Bertz CT molecular complexity index is 222. The highest BCUT2D eigenvalue weighted by atomic mass is 16.4. The fourth-order valence-corrected chi connectivity index (χ4v) is 1.73. The van der Waals surface area contributed by atoms with Crippen molar-refractivity contribution in [3.05, 3.63) is 0 Å². The number of hydrogen-bond donors (Lipinski definition) is 3. The van der Waals surface area contributed by atoms with Crippen LogP contribution in [0.3, 0.4) is 0 Å². The number of amides is 1. The van der Waals surface area contributed by atoms with E-state index in [-0.39, 0.29) is 24.2 Å². The molecule has 1 amide bonds. The van der Waals surface area contributed by atoms with Crippen LogP contribution in [0.25, 0.3) is 0 Å². The van der Waals surface area contributed by atoms with Crippen molar-refractivity contribution < 1.29 is 10.0 Å². The van der Waals surface area contributed by atoms with E-state index >= 15 is 0 Å². The average Bonchev–Trinajstić information content (AvgIpc) is 2.19. The topological polar surface area (TPSA) is 87.7 Å². The second-order valence-electron chi connectivity index (χ2n) is 3.67. The van der Waals surface area contributed by atoms with Gasteiger partial charge in [0.25, 0.3) is 0 Å². The lowest BCUT2D eigenvalue weighted by atomic mass is 9.95. The molecule has 0 aromatic rings. The number of nitrogens with two attached hydrogens (primary N) is 1. The van der Waals surface area contributed by atoms with Gasteiger partial charge < -0.3 is 16.3 Å². The van der Waals surface area contributed by atoms with E-state index in [0.29, 0.717) is 0 Å². The first-order valence-electron chi connectivity index (χ1n) is 4.98. The summed E-state index contributed by atoms with van der Waals surface area (Å²) in [5.74, 6) is -0.203. The van der Waals surface area contributed by atoms with Crippen LogP contribution in [-0.2, 0) is 4.79 Å². The highest BCUT2D eigenvalue weighted by Crippen LogP contribution is 2.17. The zero-order valence-electron chi connectivity index (χ0n) is 8.20. The molecule has 80 valence electrons. The molecule has 0 atom stereocenters. The maximum atomic E-state index is 11.3. The second kappa shape index (κ2) is 5.47. The SMILES string of the molecule is NC(CC(=O)NC1CCCCC1)=NO. The summed E-state index contributed by atoms with van der Waals surface area (Å²) in [5, 5.41) is 13.9. The van der Waals surface area contributed by atoms with E-state index in [1.807, 2.05) is 0 Å².